The average Bonchev–Trinajstić information content (AvgIpc) is 1.79. The molecule has 3 N–H and O–H groups in total. The van der Waals surface area contributed by atoms with Crippen LogP contribution in [0.3, 0.4) is 0 Å². The first kappa shape index (κ1) is 7.94. The Morgan fingerprint density at radius 1 is 1.50 bits per heavy atom. The molecule has 4 nitrogen and oxygen atoms in total. The zero-order valence-corrected chi connectivity index (χ0v) is 5.82. The second kappa shape index (κ2) is 2.47. The number of ether oxygens (including phenoxy) is 1. The van der Waals surface area contributed by atoms with Crippen LogP contribution in [0.5, 0.6) is 0 Å². The first-order valence-electron chi connectivity index (χ1n) is 3.21. The molecule has 1 heterocycles. The van der Waals surface area contributed by atoms with Crippen LogP contribution in [0.25, 0.3) is 0 Å². The number of hydrogen-bond acceptors (Lipinski definition) is 4. The molecule has 0 aromatic heterocycles. The van der Waals surface area contributed by atoms with Crippen LogP contribution in [0.1, 0.15) is 13.3 Å². The molecule has 1 aliphatic heterocycles. The quantitative estimate of drug-likeness (QED) is 0.405. The molecule has 0 aromatic carbocycles. The van der Waals surface area contributed by atoms with E-state index in [1.807, 2.05) is 0 Å². The Kier molecular flexibility index (Phi) is 1.96. The summed E-state index contributed by atoms with van der Waals surface area (Å²) in [5, 5.41) is 27.1. The van der Waals surface area contributed by atoms with E-state index < -0.39 is 18.0 Å². The van der Waals surface area contributed by atoms with Crippen molar-refractivity contribution in [3.05, 3.63) is 0 Å². The lowest BCUT2D eigenvalue weighted by Crippen LogP contribution is -2.47. The van der Waals surface area contributed by atoms with Crippen LogP contribution in [0, 0.1) is 0 Å². The van der Waals surface area contributed by atoms with Crippen molar-refractivity contribution in [1.29, 1.82) is 0 Å². The van der Waals surface area contributed by atoms with Gasteiger partial charge in [0.05, 0.1) is 12.2 Å². The Bertz CT molecular complexity index is 123. The van der Waals surface area contributed by atoms with Gasteiger partial charge in [-0.1, -0.05) is 0 Å². The molecule has 1 fully saturated rings. The first-order chi connectivity index (χ1) is 4.51. The summed E-state index contributed by atoms with van der Waals surface area (Å²) in [6.45, 7) is 1.63. The standard InChI is InChI=1S/C6H12O4/c1-6(9)2-4(7)5(8)10-3-6/h4-5,7-9H,2-3H2,1H3/t4-,5+,6-/m1/s1. The Hall–Kier alpha value is -0.160. The van der Waals surface area contributed by atoms with E-state index >= 15 is 0 Å². The van der Waals surface area contributed by atoms with Crippen LogP contribution < -0.4 is 0 Å². The lowest BCUT2D eigenvalue weighted by atomic mass is 9.97. The van der Waals surface area contributed by atoms with E-state index in [1.165, 1.54) is 0 Å². The largest absolute Gasteiger partial charge is 0.388 e. The van der Waals surface area contributed by atoms with Gasteiger partial charge in [-0.05, 0) is 6.92 Å². The van der Waals surface area contributed by atoms with Gasteiger partial charge in [0.1, 0.15) is 6.10 Å². The molecule has 0 unspecified atom stereocenters. The van der Waals surface area contributed by atoms with E-state index in [0.29, 0.717) is 0 Å². The van der Waals surface area contributed by atoms with Crippen LogP contribution in [0.4, 0.5) is 0 Å². The summed E-state index contributed by atoms with van der Waals surface area (Å²) in [6, 6.07) is 0. The maximum absolute atomic E-state index is 9.27. The van der Waals surface area contributed by atoms with Gasteiger partial charge in [0.2, 0.25) is 0 Å². The van der Waals surface area contributed by atoms with Gasteiger partial charge in [-0.25, -0.2) is 0 Å². The molecule has 3 atom stereocenters. The molecule has 10 heavy (non-hydrogen) atoms. The van der Waals surface area contributed by atoms with Crippen molar-refractivity contribution in [2.24, 2.45) is 0 Å². The highest BCUT2D eigenvalue weighted by Crippen LogP contribution is 2.21. The molecule has 0 aromatic rings. The number of aliphatic hydroxyl groups excluding tert-OH is 2. The predicted octanol–water partition coefficient (Wildman–Crippen LogP) is -1.16. The molecule has 1 aliphatic rings. The number of rotatable bonds is 0. The van der Waals surface area contributed by atoms with Crippen molar-refractivity contribution in [2.45, 2.75) is 31.3 Å². The molecular formula is C6H12O4. The summed E-state index contributed by atoms with van der Waals surface area (Å²) in [5.74, 6) is 0. The Morgan fingerprint density at radius 2 is 2.10 bits per heavy atom. The monoisotopic (exact) mass is 148 g/mol. The third-order valence-electron chi connectivity index (χ3n) is 1.54. The summed E-state index contributed by atoms with van der Waals surface area (Å²) >= 11 is 0. The van der Waals surface area contributed by atoms with Crippen molar-refractivity contribution in [3.8, 4) is 0 Å². The van der Waals surface area contributed by atoms with Crippen LogP contribution in [-0.4, -0.2) is 39.9 Å². The molecule has 1 saturated heterocycles. The molecular weight excluding hydrogens is 136 g/mol. The molecule has 0 bridgehead atoms. The van der Waals surface area contributed by atoms with E-state index in [-0.39, 0.29) is 13.0 Å². The van der Waals surface area contributed by atoms with Crippen LogP contribution in [-0.2, 0) is 4.74 Å². The van der Waals surface area contributed by atoms with Crippen molar-refractivity contribution in [2.75, 3.05) is 6.61 Å². The van der Waals surface area contributed by atoms with Gasteiger partial charge >= 0.3 is 0 Å². The molecule has 0 aliphatic carbocycles. The van der Waals surface area contributed by atoms with Gasteiger partial charge in [-0.2, -0.15) is 0 Å². The highest BCUT2D eigenvalue weighted by molar-refractivity contribution is 4.81. The third-order valence-corrected chi connectivity index (χ3v) is 1.54. The van der Waals surface area contributed by atoms with E-state index in [9.17, 15) is 5.11 Å². The van der Waals surface area contributed by atoms with Gasteiger partial charge in [0.15, 0.2) is 6.29 Å². The molecule has 0 amide bonds. The highest BCUT2D eigenvalue weighted by Gasteiger charge is 2.35. The lowest BCUT2D eigenvalue weighted by Gasteiger charge is -2.34. The molecule has 0 spiro atoms. The smallest absolute Gasteiger partial charge is 0.181 e. The average molecular weight is 148 g/mol. The van der Waals surface area contributed by atoms with Gasteiger partial charge in [-0.15, -0.1) is 0 Å². The zero-order valence-electron chi connectivity index (χ0n) is 5.82. The second-order valence-electron chi connectivity index (χ2n) is 2.97. The molecule has 60 valence electrons. The maximum Gasteiger partial charge on any atom is 0.181 e. The van der Waals surface area contributed by atoms with Crippen molar-refractivity contribution in [3.63, 3.8) is 0 Å². The molecule has 0 radical (unpaired) electrons. The Morgan fingerprint density at radius 3 is 2.50 bits per heavy atom. The minimum Gasteiger partial charge on any atom is -0.388 e. The van der Waals surface area contributed by atoms with Gasteiger partial charge in [-0.3, -0.25) is 0 Å². The Balaban J connectivity index is 2.49. The molecule has 1 rings (SSSR count). The van der Waals surface area contributed by atoms with E-state index in [0.717, 1.165) is 0 Å². The predicted molar refractivity (Wildman–Crippen MR) is 33.2 cm³/mol. The fraction of sp³-hybridized carbons (Fsp3) is 1.00. The molecule has 4 heteroatoms. The van der Waals surface area contributed by atoms with Crippen molar-refractivity contribution >= 4 is 0 Å². The fourth-order valence-corrected chi connectivity index (χ4v) is 0.986. The van der Waals surface area contributed by atoms with Gasteiger partial charge in [0, 0.05) is 6.42 Å². The minimum atomic E-state index is -1.14. The lowest BCUT2D eigenvalue weighted by molar-refractivity contribution is -0.235. The van der Waals surface area contributed by atoms with E-state index in [1.54, 1.807) is 6.92 Å². The van der Waals surface area contributed by atoms with E-state index in [2.05, 4.69) is 4.74 Å². The first-order valence-corrected chi connectivity index (χ1v) is 3.21. The number of aliphatic hydroxyl groups is 3. The summed E-state index contributed by atoms with van der Waals surface area (Å²) in [7, 11) is 0. The van der Waals surface area contributed by atoms with E-state index in [4.69, 9.17) is 10.2 Å². The van der Waals surface area contributed by atoms with Crippen molar-refractivity contribution in [1.82, 2.24) is 0 Å². The van der Waals surface area contributed by atoms with Crippen LogP contribution in [0.15, 0.2) is 0 Å². The topological polar surface area (TPSA) is 69.9 Å². The maximum atomic E-state index is 9.27. The fourth-order valence-electron chi connectivity index (χ4n) is 0.986. The minimum absolute atomic E-state index is 0.0746. The zero-order chi connectivity index (χ0) is 7.78. The summed E-state index contributed by atoms with van der Waals surface area (Å²) < 4.78 is 4.66. The second-order valence-corrected chi connectivity index (χ2v) is 2.97. The van der Waals surface area contributed by atoms with Gasteiger partial charge in [0.25, 0.3) is 0 Å². The summed E-state index contributed by atoms with van der Waals surface area (Å²) in [6.07, 6.45) is -1.95. The highest BCUT2D eigenvalue weighted by atomic mass is 16.6. The third kappa shape index (κ3) is 1.67. The number of hydrogen-bond donors (Lipinski definition) is 3. The summed E-state index contributed by atoms with van der Waals surface area (Å²) in [5.41, 5.74) is -1.00. The van der Waals surface area contributed by atoms with Crippen LogP contribution >= 0.6 is 0 Å². The molecule has 0 saturated carbocycles. The summed E-state index contributed by atoms with van der Waals surface area (Å²) in [4.78, 5) is 0. The normalized spacial score (nSPS) is 49.2. The van der Waals surface area contributed by atoms with Gasteiger partial charge < -0.3 is 20.1 Å². The van der Waals surface area contributed by atoms with Crippen molar-refractivity contribution < 1.29 is 20.1 Å². The van der Waals surface area contributed by atoms with Crippen LogP contribution in [0.2, 0.25) is 0 Å². The SMILES string of the molecule is C[C@]1(O)CO[C@H](O)[C@H](O)C1. The Labute approximate surface area is 59.1 Å².